The minimum Gasteiger partial charge on any atom is -0.463 e. The van der Waals surface area contributed by atoms with Crippen molar-refractivity contribution in [3.63, 3.8) is 0 Å². The fourth-order valence-electron chi connectivity index (χ4n) is 2.48. The molecule has 1 N–H and O–H groups in total. The molecule has 134 valence electrons. The van der Waals surface area contributed by atoms with Crippen LogP contribution in [0.15, 0.2) is 12.2 Å². The molecule has 2 aliphatic rings. The quantitative estimate of drug-likeness (QED) is 0.366. The molecule has 8 heteroatoms. The van der Waals surface area contributed by atoms with Gasteiger partial charge in [0.05, 0.1) is 19.8 Å². The summed E-state index contributed by atoms with van der Waals surface area (Å²) in [5.41, 5.74) is 0. The van der Waals surface area contributed by atoms with E-state index in [1.807, 2.05) is 0 Å². The maximum Gasteiger partial charge on any atom is 0.331 e. The Labute approximate surface area is 141 Å². The van der Waals surface area contributed by atoms with Crippen LogP contribution in [0, 0.1) is 0 Å². The molecule has 2 heterocycles. The normalized spacial score (nSPS) is 21.7. The lowest BCUT2D eigenvalue weighted by molar-refractivity contribution is -0.149. The summed E-state index contributed by atoms with van der Waals surface area (Å²) in [5.74, 6) is -1.62. The van der Waals surface area contributed by atoms with Crippen molar-refractivity contribution in [3.8, 4) is 0 Å². The zero-order valence-electron chi connectivity index (χ0n) is 13.7. The minimum atomic E-state index is -0.765. The van der Waals surface area contributed by atoms with Crippen LogP contribution < -0.4 is 5.32 Å². The second-order valence-corrected chi connectivity index (χ2v) is 5.67. The molecule has 2 fully saturated rings. The van der Waals surface area contributed by atoms with Gasteiger partial charge in [0.1, 0.15) is 0 Å². The predicted molar refractivity (Wildman–Crippen MR) is 84.1 cm³/mol. The van der Waals surface area contributed by atoms with Gasteiger partial charge >= 0.3 is 11.9 Å². The maximum atomic E-state index is 11.5. The van der Waals surface area contributed by atoms with Gasteiger partial charge in [-0.05, 0) is 19.4 Å². The molecule has 0 aliphatic carbocycles. The molecule has 1 atom stereocenters. The Bertz CT molecular complexity index is 473. The fourth-order valence-corrected chi connectivity index (χ4v) is 2.48. The fraction of sp³-hybridized carbons (Fsp3) is 0.688. The highest BCUT2D eigenvalue weighted by Gasteiger charge is 2.26. The molecule has 24 heavy (non-hydrogen) atoms. The first-order valence-corrected chi connectivity index (χ1v) is 8.28. The molecular weight excluding hydrogens is 316 g/mol. The monoisotopic (exact) mass is 340 g/mol. The summed E-state index contributed by atoms with van der Waals surface area (Å²) in [6.45, 7) is 5.22. The smallest absolute Gasteiger partial charge is 0.331 e. The molecular formula is C16H24N2O6. The van der Waals surface area contributed by atoms with Crippen molar-refractivity contribution in [2.24, 2.45) is 0 Å². The van der Waals surface area contributed by atoms with Gasteiger partial charge in [-0.15, -0.1) is 0 Å². The van der Waals surface area contributed by atoms with E-state index in [0.29, 0.717) is 19.6 Å². The van der Waals surface area contributed by atoms with Crippen LogP contribution in [-0.2, 0) is 28.6 Å². The first kappa shape index (κ1) is 18.4. The number of unbranched alkanes of at least 4 members (excludes halogenated alkanes) is 1. The van der Waals surface area contributed by atoms with Gasteiger partial charge in [-0.1, -0.05) is 0 Å². The van der Waals surface area contributed by atoms with E-state index >= 15 is 0 Å². The zero-order chi connectivity index (χ0) is 17.2. The van der Waals surface area contributed by atoms with E-state index in [0.717, 1.165) is 57.8 Å². The van der Waals surface area contributed by atoms with Gasteiger partial charge in [-0.25, -0.2) is 9.59 Å². The summed E-state index contributed by atoms with van der Waals surface area (Å²) in [6, 6.07) is 0. The molecule has 8 nitrogen and oxygen atoms in total. The van der Waals surface area contributed by atoms with Gasteiger partial charge in [-0.3, -0.25) is 9.69 Å². The van der Waals surface area contributed by atoms with Gasteiger partial charge in [0.2, 0.25) is 0 Å². The van der Waals surface area contributed by atoms with Crippen LogP contribution in [0.1, 0.15) is 19.3 Å². The number of morpholine rings is 1. The topological polar surface area (TPSA) is 94.2 Å². The van der Waals surface area contributed by atoms with Gasteiger partial charge < -0.3 is 19.5 Å². The first-order valence-electron chi connectivity index (χ1n) is 8.28. The van der Waals surface area contributed by atoms with Crippen molar-refractivity contribution in [2.75, 3.05) is 46.0 Å². The van der Waals surface area contributed by atoms with E-state index in [9.17, 15) is 14.4 Å². The molecule has 0 aromatic heterocycles. The number of rotatable bonds is 8. The number of esters is 2. The average molecular weight is 340 g/mol. The number of nitrogens with zero attached hydrogens (tertiary/aromatic N) is 1. The van der Waals surface area contributed by atoms with E-state index in [4.69, 9.17) is 14.2 Å². The molecule has 2 rings (SSSR count). The van der Waals surface area contributed by atoms with E-state index in [2.05, 4.69) is 10.2 Å². The zero-order valence-corrected chi connectivity index (χ0v) is 13.7. The van der Waals surface area contributed by atoms with Gasteiger partial charge in [0, 0.05) is 38.2 Å². The number of amides is 1. The molecule has 2 aliphatic heterocycles. The Kier molecular flexibility index (Phi) is 7.70. The Balaban J connectivity index is 1.52. The van der Waals surface area contributed by atoms with Crippen molar-refractivity contribution in [2.45, 2.75) is 25.4 Å². The number of nitrogens with one attached hydrogen (secondary N) is 1. The summed E-state index contributed by atoms with van der Waals surface area (Å²) in [5, 5.41) is 2.56. The van der Waals surface area contributed by atoms with Gasteiger partial charge in [0.25, 0.3) is 5.91 Å². The lowest BCUT2D eigenvalue weighted by atomic mass is 10.3. The molecule has 0 spiro atoms. The third kappa shape index (κ3) is 6.67. The second kappa shape index (κ2) is 10.0. The third-order valence-electron chi connectivity index (χ3n) is 3.83. The van der Waals surface area contributed by atoms with E-state index in [1.165, 1.54) is 0 Å². The van der Waals surface area contributed by atoms with Gasteiger partial charge in [-0.2, -0.15) is 0 Å². The lowest BCUT2D eigenvalue weighted by Crippen LogP contribution is -2.36. The standard InChI is InChI=1S/C16H24N2O6/c19-14(3-4-15(20)24-13-5-6-17-16(13)21)23-10-2-1-7-18-8-11-22-12-9-18/h3-4,13H,1-2,5-12H2,(H,17,21)/b4-3+. The molecule has 1 amide bonds. The summed E-state index contributed by atoms with van der Waals surface area (Å²) in [4.78, 5) is 36.5. The van der Waals surface area contributed by atoms with Crippen LogP contribution in [0.3, 0.4) is 0 Å². The summed E-state index contributed by atoms with van der Waals surface area (Å²) < 4.78 is 15.2. The summed E-state index contributed by atoms with van der Waals surface area (Å²) in [7, 11) is 0. The van der Waals surface area contributed by atoms with Gasteiger partial charge in [0.15, 0.2) is 6.10 Å². The van der Waals surface area contributed by atoms with Crippen LogP contribution in [0.2, 0.25) is 0 Å². The van der Waals surface area contributed by atoms with Crippen LogP contribution in [0.5, 0.6) is 0 Å². The number of hydrogen-bond acceptors (Lipinski definition) is 7. The summed E-state index contributed by atoms with van der Waals surface area (Å²) in [6.07, 6.45) is 3.41. The SMILES string of the molecule is O=C(/C=C/C(=O)OC1CCNC1=O)OCCCCN1CCOCC1. The maximum absolute atomic E-state index is 11.5. The van der Waals surface area contributed by atoms with Crippen molar-refractivity contribution in [1.82, 2.24) is 10.2 Å². The molecule has 0 radical (unpaired) electrons. The Morgan fingerprint density at radius 3 is 2.67 bits per heavy atom. The van der Waals surface area contributed by atoms with Crippen LogP contribution >= 0.6 is 0 Å². The molecule has 1 unspecified atom stereocenters. The van der Waals surface area contributed by atoms with Crippen LogP contribution in [-0.4, -0.2) is 74.8 Å². The van der Waals surface area contributed by atoms with Crippen molar-refractivity contribution >= 4 is 17.8 Å². The number of carbonyl (C=O) groups excluding carboxylic acids is 3. The Hall–Kier alpha value is -1.93. The Morgan fingerprint density at radius 1 is 1.21 bits per heavy atom. The molecule has 2 saturated heterocycles. The van der Waals surface area contributed by atoms with Crippen molar-refractivity contribution in [1.29, 1.82) is 0 Å². The largest absolute Gasteiger partial charge is 0.463 e. The van der Waals surface area contributed by atoms with E-state index in [-0.39, 0.29) is 5.91 Å². The highest BCUT2D eigenvalue weighted by atomic mass is 16.5. The Morgan fingerprint density at radius 2 is 1.96 bits per heavy atom. The average Bonchev–Trinajstić information content (AvgIpc) is 2.98. The van der Waals surface area contributed by atoms with E-state index < -0.39 is 18.0 Å². The minimum absolute atomic E-state index is 0.306. The van der Waals surface area contributed by atoms with Crippen molar-refractivity contribution < 1.29 is 28.6 Å². The molecule has 0 aromatic carbocycles. The molecule has 0 bridgehead atoms. The highest BCUT2D eigenvalue weighted by Crippen LogP contribution is 2.05. The predicted octanol–water partition coefficient (Wildman–Crippen LogP) is -0.370. The number of ether oxygens (including phenoxy) is 3. The van der Waals surface area contributed by atoms with Crippen molar-refractivity contribution in [3.05, 3.63) is 12.2 Å². The number of hydrogen-bond donors (Lipinski definition) is 1. The number of carbonyl (C=O) groups is 3. The molecule has 0 aromatic rings. The van der Waals surface area contributed by atoms with E-state index in [1.54, 1.807) is 0 Å². The third-order valence-corrected chi connectivity index (χ3v) is 3.83. The van der Waals surface area contributed by atoms with Crippen LogP contribution in [0.25, 0.3) is 0 Å². The highest BCUT2D eigenvalue weighted by molar-refractivity contribution is 5.93. The first-order chi connectivity index (χ1) is 11.6. The molecule has 0 saturated carbocycles. The summed E-state index contributed by atoms with van der Waals surface area (Å²) >= 11 is 0. The lowest BCUT2D eigenvalue weighted by Gasteiger charge is -2.26. The van der Waals surface area contributed by atoms with Crippen LogP contribution in [0.4, 0.5) is 0 Å². The second-order valence-electron chi connectivity index (χ2n) is 5.67.